The first kappa shape index (κ1) is 17.4. The zero-order chi connectivity index (χ0) is 19.0. The standard InChI is InChI=1S/C19H18N4O4/c1-11-16(24)17(25)19(27-11)23-10-22-15-14(20-9-21-18(15)23)8-5-12-3-6-13(26-2)7-4-12/h3-4,6-7,9-11,16-17,19,24-25H,1-2H3/t11-,16-,17-,19-/m1/s1. The number of imidazole rings is 1. The predicted octanol–water partition coefficient (Wildman–Crippen LogP) is 0.874. The fraction of sp³-hybridized carbons (Fsp3) is 0.316. The number of rotatable bonds is 2. The monoisotopic (exact) mass is 366 g/mol. The number of aliphatic hydroxyl groups is 2. The van der Waals surface area contributed by atoms with E-state index in [1.165, 1.54) is 12.7 Å². The Hall–Kier alpha value is -2.99. The SMILES string of the molecule is COc1ccc(C#Cc2ncnc3c2ncn3[C@@H]2O[C@H](C)[C@@H](O)[C@H]2O)cc1. The minimum atomic E-state index is -1.07. The van der Waals surface area contributed by atoms with E-state index >= 15 is 0 Å². The quantitative estimate of drug-likeness (QED) is 0.649. The summed E-state index contributed by atoms with van der Waals surface area (Å²) >= 11 is 0. The Labute approximate surface area is 155 Å². The summed E-state index contributed by atoms with van der Waals surface area (Å²) in [7, 11) is 1.61. The lowest BCUT2D eigenvalue weighted by Crippen LogP contribution is -2.30. The summed E-state index contributed by atoms with van der Waals surface area (Å²) in [5, 5.41) is 20.2. The van der Waals surface area contributed by atoms with Crippen molar-refractivity contribution in [1.29, 1.82) is 0 Å². The molecule has 0 saturated carbocycles. The summed E-state index contributed by atoms with van der Waals surface area (Å²) in [5.74, 6) is 6.80. The minimum absolute atomic E-state index is 0.468. The maximum absolute atomic E-state index is 10.2. The molecule has 4 rings (SSSR count). The van der Waals surface area contributed by atoms with E-state index in [0.29, 0.717) is 16.9 Å². The number of hydrogen-bond acceptors (Lipinski definition) is 7. The molecule has 8 nitrogen and oxygen atoms in total. The van der Waals surface area contributed by atoms with Crippen molar-refractivity contribution in [2.24, 2.45) is 0 Å². The van der Waals surface area contributed by atoms with Crippen LogP contribution in [0.25, 0.3) is 11.2 Å². The number of aromatic nitrogens is 4. The van der Waals surface area contributed by atoms with Gasteiger partial charge in [-0.05, 0) is 37.1 Å². The smallest absolute Gasteiger partial charge is 0.166 e. The second kappa shape index (κ2) is 6.96. The zero-order valence-corrected chi connectivity index (χ0v) is 14.8. The van der Waals surface area contributed by atoms with Crippen LogP contribution < -0.4 is 4.74 Å². The molecule has 27 heavy (non-hydrogen) atoms. The normalized spacial score (nSPS) is 24.6. The van der Waals surface area contributed by atoms with Crippen LogP contribution in [0.3, 0.4) is 0 Å². The van der Waals surface area contributed by atoms with E-state index < -0.39 is 24.5 Å². The Morgan fingerprint density at radius 3 is 2.52 bits per heavy atom. The van der Waals surface area contributed by atoms with Gasteiger partial charge < -0.3 is 19.7 Å². The van der Waals surface area contributed by atoms with Gasteiger partial charge in [0.15, 0.2) is 11.9 Å². The van der Waals surface area contributed by atoms with Crippen LogP contribution >= 0.6 is 0 Å². The van der Waals surface area contributed by atoms with Crippen LogP contribution in [0.2, 0.25) is 0 Å². The van der Waals surface area contributed by atoms with Crippen molar-refractivity contribution in [1.82, 2.24) is 19.5 Å². The Kier molecular flexibility index (Phi) is 4.49. The van der Waals surface area contributed by atoms with Crippen molar-refractivity contribution in [3.8, 4) is 17.6 Å². The molecule has 1 aliphatic rings. The molecule has 3 aromatic rings. The van der Waals surface area contributed by atoms with Crippen molar-refractivity contribution in [2.75, 3.05) is 7.11 Å². The number of benzene rings is 1. The lowest BCUT2D eigenvalue weighted by atomic mass is 10.1. The molecule has 1 saturated heterocycles. The second-order valence-electron chi connectivity index (χ2n) is 6.24. The third-order valence-electron chi connectivity index (χ3n) is 4.53. The molecule has 4 atom stereocenters. The molecular weight excluding hydrogens is 348 g/mol. The topological polar surface area (TPSA) is 103 Å². The zero-order valence-electron chi connectivity index (χ0n) is 14.8. The minimum Gasteiger partial charge on any atom is -0.497 e. The van der Waals surface area contributed by atoms with Gasteiger partial charge in [0.2, 0.25) is 0 Å². The summed E-state index contributed by atoms with van der Waals surface area (Å²) < 4.78 is 12.4. The van der Waals surface area contributed by atoms with Crippen molar-refractivity contribution >= 4 is 11.2 Å². The number of nitrogens with zero attached hydrogens (tertiary/aromatic N) is 4. The molecule has 0 bridgehead atoms. The first-order chi connectivity index (χ1) is 13.1. The Bertz CT molecular complexity index is 1020. The van der Waals surface area contributed by atoms with Crippen molar-refractivity contribution in [2.45, 2.75) is 31.5 Å². The number of ether oxygens (including phenoxy) is 2. The van der Waals surface area contributed by atoms with E-state index in [-0.39, 0.29) is 0 Å². The van der Waals surface area contributed by atoms with Gasteiger partial charge in [0.1, 0.15) is 35.5 Å². The highest BCUT2D eigenvalue weighted by molar-refractivity contribution is 5.76. The summed E-state index contributed by atoms with van der Waals surface area (Å²) in [6, 6.07) is 7.38. The van der Waals surface area contributed by atoms with Crippen molar-refractivity contribution < 1.29 is 19.7 Å². The maximum atomic E-state index is 10.2. The lowest BCUT2D eigenvalue weighted by Gasteiger charge is -2.16. The summed E-state index contributed by atoms with van der Waals surface area (Å²) in [5.41, 5.74) is 2.27. The van der Waals surface area contributed by atoms with Crippen molar-refractivity contribution in [3.05, 3.63) is 48.2 Å². The average molecular weight is 366 g/mol. The fourth-order valence-electron chi connectivity index (χ4n) is 2.99. The molecule has 138 valence electrons. The molecule has 0 aliphatic carbocycles. The van der Waals surface area contributed by atoms with Crippen LogP contribution in [0.4, 0.5) is 0 Å². The van der Waals surface area contributed by atoms with E-state index in [2.05, 4.69) is 26.8 Å². The van der Waals surface area contributed by atoms with Crippen LogP contribution in [0.5, 0.6) is 5.75 Å². The molecule has 1 aromatic carbocycles. The highest BCUT2D eigenvalue weighted by Crippen LogP contribution is 2.31. The van der Waals surface area contributed by atoms with Gasteiger partial charge in [-0.3, -0.25) is 4.57 Å². The van der Waals surface area contributed by atoms with Gasteiger partial charge in [0.25, 0.3) is 0 Å². The maximum Gasteiger partial charge on any atom is 0.166 e. The van der Waals surface area contributed by atoms with Gasteiger partial charge >= 0.3 is 0 Å². The van der Waals surface area contributed by atoms with Crippen molar-refractivity contribution in [3.63, 3.8) is 0 Å². The predicted molar refractivity (Wildman–Crippen MR) is 95.9 cm³/mol. The van der Waals surface area contributed by atoms with Crippen LogP contribution in [0.15, 0.2) is 36.9 Å². The van der Waals surface area contributed by atoms with E-state index in [0.717, 1.165) is 11.3 Å². The molecule has 1 fully saturated rings. The van der Waals surface area contributed by atoms with Gasteiger partial charge in [0.05, 0.1) is 19.5 Å². The van der Waals surface area contributed by atoms with E-state index in [1.54, 1.807) is 18.6 Å². The summed E-state index contributed by atoms with van der Waals surface area (Å²) in [4.78, 5) is 12.8. The van der Waals surface area contributed by atoms with E-state index in [9.17, 15) is 10.2 Å². The van der Waals surface area contributed by atoms with Gasteiger partial charge in [0, 0.05) is 5.56 Å². The molecule has 0 amide bonds. The molecule has 2 aromatic heterocycles. The second-order valence-corrected chi connectivity index (χ2v) is 6.24. The first-order valence-electron chi connectivity index (χ1n) is 8.43. The molecular formula is C19H18N4O4. The fourth-order valence-corrected chi connectivity index (χ4v) is 2.99. The third-order valence-corrected chi connectivity index (χ3v) is 4.53. The van der Waals surface area contributed by atoms with Crippen LogP contribution in [-0.2, 0) is 4.74 Å². The molecule has 1 aliphatic heterocycles. The summed E-state index contributed by atoms with van der Waals surface area (Å²) in [6.07, 6.45) is -0.392. The van der Waals surface area contributed by atoms with Crippen LogP contribution in [-0.4, -0.2) is 55.2 Å². The highest BCUT2D eigenvalue weighted by Gasteiger charge is 2.42. The Balaban J connectivity index is 1.68. The van der Waals surface area contributed by atoms with Crippen LogP contribution in [0, 0.1) is 11.8 Å². The molecule has 8 heteroatoms. The number of methoxy groups -OCH3 is 1. The van der Waals surface area contributed by atoms with Crippen LogP contribution in [0.1, 0.15) is 24.4 Å². The van der Waals surface area contributed by atoms with Gasteiger partial charge in [-0.2, -0.15) is 0 Å². The van der Waals surface area contributed by atoms with Gasteiger partial charge in [-0.15, -0.1) is 0 Å². The number of aliphatic hydroxyl groups excluding tert-OH is 2. The third kappa shape index (κ3) is 3.13. The van der Waals surface area contributed by atoms with E-state index in [1.807, 2.05) is 24.3 Å². The Morgan fingerprint density at radius 1 is 1.07 bits per heavy atom. The van der Waals surface area contributed by atoms with Gasteiger partial charge in [-0.25, -0.2) is 15.0 Å². The molecule has 2 N–H and O–H groups in total. The Morgan fingerprint density at radius 2 is 1.85 bits per heavy atom. The first-order valence-corrected chi connectivity index (χ1v) is 8.43. The highest BCUT2D eigenvalue weighted by atomic mass is 16.6. The number of fused-ring (bicyclic) bond motifs is 1. The number of hydrogen-bond donors (Lipinski definition) is 2. The molecule has 0 unspecified atom stereocenters. The largest absolute Gasteiger partial charge is 0.497 e. The summed E-state index contributed by atoms with van der Waals surface area (Å²) in [6.45, 7) is 1.70. The average Bonchev–Trinajstić information content (AvgIpc) is 3.23. The molecule has 3 heterocycles. The molecule has 0 spiro atoms. The lowest BCUT2D eigenvalue weighted by molar-refractivity contribution is -0.0299. The van der Waals surface area contributed by atoms with Gasteiger partial charge in [-0.1, -0.05) is 5.92 Å². The van der Waals surface area contributed by atoms with E-state index in [4.69, 9.17) is 9.47 Å². The molecule has 0 radical (unpaired) electrons.